The van der Waals surface area contributed by atoms with Crippen LogP contribution in [0.3, 0.4) is 0 Å². The molecule has 2 atom stereocenters. The van der Waals surface area contributed by atoms with Gasteiger partial charge in [-0.3, -0.25) is 5.32 Å². The second kappa shape index (κ2) is 6.81. The Morgan fingerprint density at radius 1 is 1.20 bits per heavy atom. The van der Waals surface area contributed by atoms with E-state index in [-0.39, 0.29) is 17.9 Å². The summed E-state index contributed by atoms with van der Waals surface area (Å²) >= 11 is 0. The molecular weight excluding hydrogens is 275 g/mol. The molecule has 0 aliphatic rings. The molecule has 0 radical (unpaired) electrons. The van der Waals surface area contributed by atoms with Crippen LogP contribution in [0, 0.1) is 0 Å². The molecule has 0 amide bonds. The third-order valence-electron chi connectivity index (χ3n) is 2.79. The van der Waals surface area contributed by atoms with Gasteiger partial charge in [0.05, 0.1) is 20.8 Å². The Bertz CT molecular complexity index is 437. The molecule has 4 nitrogen and oxygen atoms in total. The molecule has 0 aromatic heterocycles. The van der Waals surface area contributed by atoms with Crippen LogP contribution in [0.2, 0.25) is 0 Å². The van der Waals surface area contributed by atoms with Crippen LogP contribution in [0.5, 0.6) is 11.5 Å². The first-order chi connectivity index (χ1) is 9.33. The van der Waals surface area contributed by atoms with Gasteiger partial charge in [-0.1, -0.05) is 6.07 Å². The second-order valence-electron chi connectivity index (χ2n) is 4.34. The van der Waals surface area contributed by atoms with E-state index < -0.39 is 18.3 Å². The SMILES string of the molecule is COc1ccc(C(N[C@H](C)CO)C(F)(F)F)cc1OC. The summed E-state index contributed by atoms with van der Waals surface area (Å²) in [4.78, 5) is 0. The van der Waals surface area contributed by atoms with Crippen LogP contribution in [0.15, 0.2) is 18.2 Å². The summed E-state index contributed by atoms with van der Waals surface area (Å²) in [5.74, 6) is 0.574. The van der Waals surface area contributed by atoms with E-state index in [1.54, 1.807) is 0 Å². The van der Waals surface area contributed by atoms with Crippen LogP contribution in [-0.2, 0) is 0 Å². The molecule has 2 N–H and O–H groups in total. The van der Waals surface area contributed by atoms with Crippen LogP contribution in [0.25, 0.3) is 0 Å². The minimum Gasteiger partial charge on any atom is -0.493 e. The van der Waals surface area contributed by atoms with Gasteiger partial charge in [0, 0.05) is 6.04 Å². The third-order valence-corrected chi connectivity index (χ3v) is 2.79. The van der Waals surface area contributed by atoms with Crippen molar-refractivity contribution in [1.82, 2.24) is 5.32 Å². The van der Waals surface area contributed by atoms with E-state index in [4.69, 9.17) is 14.6 Å². The number of rotatable bonds is 6. The summed E-state index contributed by atoms with van der Waals surface area (Å²) in [5, 5.41) is 11.2. The summed E-state index contributed by atoms with van der Waals surface area (Å²) in [6.45, 7) is 1.08. The Hall–Kier alpha value is -1.47. The Balaban J connectivity index is 3.14. The van der Waals surface area contributed by atoms with Gasteiger partial charge in [-0.15, -0.1) is 0 Å². The molecule has 0 aliphatic heterocycles. The average Bonchev–Trinajstić information content (AvgIpc) is 2.42. The highest BCUT2D eigenvalue weighted by molar-refractivity contribution is 5.44. The molecule has 0 bridgehead atoms. The number of ether oxygens (including phenoxy) is 2. The van der Waals surface area contributed by atoms with Crippen molar-refractivity contribution in [3.63, 3.8) is 0 Å². The minimum atomic E-state index is -4.48. The fourth-order valence-corrected chi connectivity index (χ4v) is 1.75. The highest BCUT2D eigenvalue weighted by atomic mass is 19.4. The van der Waals surface area contributed by atoms with Gasteiger partial charge in [-0.2, -0.15) is 13.2 Å². The zero-order valence-electron chi connectivity index (χ0n) is 11.5. The molecule has 20 heavy (non-hydrogen) atoms. The Kier molecular flexibility index (Phi) is 5.64. The lowest BCUT2D eigenvalue weighted by Crippen LogP contribution is -2.40. The van der Waals surface area contributed by atoms with Crippen molar-refractivity contribution in [1.29, 1.82) is 0 Å². The molecule has 1 rings (SSSR count). The average molecular weight is 293 g/mol. The fourth-order valence-electron chi connectivity index (χ4n) is 1.75. The summed E-state index contributed by atoms with van der Waals surface area (Å²) < 4.78 is 49.3. The maximum atomic E-state index is 13.1. The topological polar surface area (TPSA) is 50.7 Å². The summed E-state index contributed by atoms with van der Waals surface area (Å²) in [5.41, 5.74) is -0.00421. The van der Waals surface area contributed by atoms with E-state index in [9.17, 15) is 13.2 Å². The number of alkyl halides is 3. The lowest BCUT2D eigenvalue weighted by molar-refractivity contribution is -0.160. The van der Waals surface area contributed by atoms with E-state index >= 15 is 0 Å². The van der Waals surface area contributed by atoms with E-state index in [2.05, 4.69) is 5.32 Å². The Morgan fingerprint density at radius 3 is 2.25 bits per heavy atom. The van der Waals surface area contributed by atoms with Crippen molar-refractivity contribution < 1.29 is 27.8 Å². The van der Waals surface area contributed by atoms with Crippen molar-refractivity contribution in [3.8, 4) is 11.5 Å². The predicted octanol–water partition coefficient (Wildman–Crippen LogP) is 2.28. The van der Waals surface area contributed by atoms with Gasteiger partial charge in [0.2, 0.25) is 0 Å². The van der Waals surface area contributed by atoms with E-state index in [0.29, 0.717) is 5.75 Å². The van der Waals surface area contributed by atoms with Crippen LogP contribution in [-0.4, -0.2) is 38.2 Å². The number of hydrogen-bond donors (Lipinski definition) is 2. The number of hydrogen-bond acceptors (Lipinski definition) is 4. The van der Waals surface area contributed by atoms with Gasteiger partial charge >= 0.3 is 6.18 Å². The normalized spacial score (nSPS) is 14.8. The molecule has 1 unspecified atom stereocenters. The third kappa shape index (κ3) is 4.01. The summed E-state index contributed by atoms with van der Waals surface area (Å²) in [6, 6.07) is 1.43. The van der Waals surface area contributed by atoms with Gasteiger partial charge in [0.1, 0.15) is 6.04 Å². The molecule has 114 valence electrons. The lowest BCUT2D eigenvalue weighted by atomic mass is 10.0. The largest absolute Gasteiger partial charge is 0.493 e. The number of nitrogens with one attached hydrogen (secondary N) is 1. The number of aliphatic hydroxyl groups is 1. The predicted molar refractivity (Wildman–Crippen MR) is 68.0 cm³/mol. The van der Waals surface area contributed by atoms with Crippen molar-refractivity contribution in [3.05, 3.63) is 23.8 Å². The van der Waals surface area contributed by atoms with Crippen molar-refractivity contribution in [2.75, 3.05) is 20.8 Å². The lowest BCUT2D eigenvalue weighted by Gasteiger charge is -2.25. The zero-order valence-corrected chi connectivity index (χ0v) is 11.5. The Morgan fingerprint density at radius 2 is 1.80 bits per heavy atom. The molecule has 0 saturated heterocycles. The minimum absolute atomic E-state index is 0.00421. The van der Waals surface area contributed by atoms with E-state index in [1.165, 1.54) is 39.3 Å². The zero-order chi connectivity index (χ0) is 15.3. The first-order valence-electron chi connectivity index (χ1n) is 5.99. The maximum absolute atomic E-state index is 13.1. The van der Waals surface area contributed by atoms with Crippen LogP contribution in [0.1, 0.15) is 18.5 Å². The molecule has 1 aromatic carbocycles. The van der Waals surface area contributed by atoms with Crippen molar-refractivity contribution in [2.24, 2.45) is 0 Å². The molecule has 7 heteroatoms. The quantitative estimate of drug-likeness (QED) is 0.845. The van der Waals surface area contributed by atoms with Crippen molar-refractivity contribution in [2.45, 2.75) is 25.2 Å². The molecule has 0 heterocycles. The first kappa shape index (κ1) is 16.6. The monoisotopic (exact) mass is 293 g/mol. The van der Waals surface area contributed by atoms with Gasteiger partial charge in [-0.05, 0) is 24.6 Å². The number of halogens is 3. The highest BCUT2D eigenvalue weighted by Crippen LogP contribution is 2.37. The maximum Gasteiger partial charge on any atom is 0.407 e. The first-order valence-corrected chi connectivity index (χ1v) is 5.99. The van der Waals surface area contributed by atoms with Crippen molar-refractivity contribution >= 4 is 0 Å². The number of methoxy groups -OCH3 is 2. The van der Waals surface area contributed by atoms with E-state index in [1.807, 2.05) is 0 Å². The van der Waals surface area contributed by atoms with Gasteiger partial charge < -0.3 is 14.6 Å². The summed E-state index contributed by atoms with van der Waals surface area (Å²) in [7, 11) is 2.76. The van der Waals surface area contributed by atoms with E-state index in [0.717, 1.165) is 0 Å². The number of benzene rings is 1. The molecule has 0 aliphatic carbocycles. The van der Waals surface area contributed by atoms with Crippen LogP contribution < -0.4 is 14.8 Å². The summed E-state index contributed by atoms with van der Waals surface area (Å²) in [6.07, 6.45) is -4.48. The van der Waals surface area contributed by atoms with Gasteiger partial charge in [-0.25, -0.2) is 0 Å². The molecule has 0 saturated carbocycles. The standard InChI is InChI=1S/C13H18F3NO3/c1-8(7-18)17-12(13(14,15)16)9-4-5-10(19-2)11(6-9)20-3/h4-6,8,12,17-18H,7H2,1-3H3/t8-,12?/m1/s1. The molecule has 1 aromatic rings. The second-order valence-corrected chi connectivity index (χ2v) is 4.34. The fraction of sp³-hybridized carbons (Fsp3) is 0.538. The highest BCUT2D eigenvalue weighted by Gasteiger charge is 2.41. The molecule has 0 fully saturated rings. The Labute approximate surface area is 115 Å². The smallest absolute Gasteiger partial charge is 0.407 e. The van der Waals surface area contributed by atoms with Crippen LogP contribution >= 0.6 is 0 Å². The van der Waals surface area contributed by atoms with Gasteiger partial charge in [0.15, 0.2) is 11.5 Å². The van der Waals surface area contributed by atoms with Gasteiger partial charge in [0.25, 0.3) is 0 Å². The molecular formula is C13H18F3NO3. The number of aliphatic hydroxyl groups excluding tert-OH is 1. The van der Waals surface area contributed by atoms with Crippen LogP contribution in [0.4, 0.5) is 13.2 Å². The molecule has 0 spiro atoms.